The number of nitrogens with one attached hydrogen (secondary N) is 1. The van der Waals surface area contributed by atoms with Crippen molar-refractivity contribution in [3.63, 3.8) is 0 Å². The highest BCUT2D eigenvalue weighted by Crippen LogP contribution is 2.16. The van der Waals surface area contributed by atoms with Gasteiger partial charge in [0.05, 0.1) is 12.8 Å². The first kappa shape index (κ1) is 13.0. The minimum Gasteiger partial charge on any atom is -0.370 e. The van der Waals surface area contributed by atoms with Crippen molar-refractivity contribution < 1.29 is 17.9 Å². The van der Waals surface area contributed by atoms with E-state index in [4.69, 9.17) is 11.6 Å². The van der Waals surface area contributed by atoms with E-state index in [0.717, 1.165) is 0 Å². The van der Waals surface area contributed by atoms with Crippen molar-refractivity contribution in [1.29, 1.82) is 0 Å². The highest BCUT2D eigenvalue weighted by Gasteiger charge is 2.27. The summed E-state index contributed by atoms with van der Waals surface area (Å²) in [4.78, 5) is 7.45. The molecule has 0 saturated heterocycles. The van der Waals surface area contributed by atoms with Crippen LogP contribution in [0.25, 0.3) is 0 Å². The van der Waals surface area contributed by atoms with Crippen LogP contribution >= 0.6 is 11.6 Å². The van der Waals surface area contributed by atoms with E-state index < -0.39 is 12.8 Å². The van der Waals surface area contributed by atoms with Crippen molar-refractivity contribution in [1.82, 2.24) is 9.97 Å². The lowest BCUT2D eigenvalue weighted by Gasteiger charge is -2.09. The average molecular weight is 256 g/mol. The Hall–Kier alpha value is -1.08. The predicted octanol–water partition coefficient (Wildman–Crippen LogP) is 2.12. The number of alkyl halides is 3. The van der Waals surface area contributed by atoms with Gasteiger partial charge in [0.25, 0.3) is 0 Å². The molecule has 16 heavy (non-hydrogen) atoms. The molecular weight excluding hydrogens is 247 g/mol. The summed E-state index contributed by atoms with van der Waals surface area (Å²) in [5.74, 6) is 0.368. The highest BCUT2D eigenvalue weighted by molar-refractivity contribution is 6.32. The molecule has 0 spiro atoms. The van der Waals surface area contributed by atoms with Crippen molar-refractivity contribution in [3.8, 4) is 0 Å². The molecule has 0 atom stereocenters. The third kappa shape index (κ3) is 5.13. The van der Waals surface area contributed by atoms with Gasteiger partial charge >= 0.3 is 6.18 Å². The van der Waals surface area contributed by atoms with Gasteiger partial charge < -0.3 is 10.1 Å². The number of hydrogen-bond acceptors (Lipinski definition) is 4. The normalized spacial score (nSPS) is 11.5. The third-order valence-electron chi connectivity index (χ3n) is 1.47. The summed E-state index contributed by atoms with van der Waals surface area (Å²) in [7, 11) is 0. The highest BCUT2D eigenvalue weighted by atomic mass is 35.5. The smallest absolute Gasteiger partial charge is 0.370 e. The van der Waals surface area contributed by atoms with Crippen LogP contribution in [0.1, 0.15) is 0 Å². The molecule has 0 fully saturated rings. The molecule has 1 N–H and O–H groups in total. The number of rotatable bonds is 5. The third-order valence-corrected chi connectivity index (χ3v) is 1.75. The van der Waals surface area contributed by atoms with Crippen molar-refractivity contribution in [2.24, 2.45) is 0 Å². The molecule has 1 aromatic heterocycles. The second-order valence-electron chi connectivity index (χ2n) is 2.81. The van der Waals surface area contributed by atoms with Crippen molar-refractivity contribution >= 4 is 17.4 Å². The number of halogens is 4. The Balaban J connectivity index is 2.19. The standard InChI is InChI=1S/C8H9ClF3N3O/c9-6-3-13-5-15-7(6)14-1-2-16-4-8(10,11)12/h3,5H,1-2,4H2,(H,13,14,15). The lowest BCUT2D eigenvalue weighted by Crippen LogP contribution is -2.20. The van der Waals surface area contributed by atoms with Gasteiger partial charge in [0.1, 0.15) is 23.8 Å². The van der Waals surface area contributed by atoms with Gasteiger partial charge in [0.2, 0.25) is 0 Å². The second-order valence-corrected chi connectivity index (χ2v) is 3.22. The Morgan fingerprint density at radius 1 is 1.44 bits per heavy atom. The molecule has 0 aromatic carbocycles. The summed E-state index contributed by atoms with van der Waals surface area (Å²) in [6.07, 6.45) is -1.63. The molecule has 90 valence electrons. The van der Waals surface area contributed by atoms with Gasteiger partial charge in [-0.25, -0.2) is 9.97 Å². The van der Waals surface area contributed by atoms with Gasteiger partial charge in [-0.1, -0.05) is 11.6 Å². The molecule has 0 bridgehead atoms. The van der Waals surface area contributed by atoms with E-state index in [1.165, 1.54) is 12.5 Å². The second kappa shape index (κ2) is 5.86. The SMILES string of the molecule is FC(F)(F)COCCNc1ncncc1Cl. The Labute approximate surface area is 94.8 Å². The Bertz CT molecular complexity index is 335. The molecule has 0 aliphatic heterocycles. The van der Waals surface area contributed by atoms with E-state index in [2.05, 4.69) is 20.0 Å². The number of nitrogens with zero attached hydrogens (tertiary/aromatic N) is 2. The van der Waals surface area contributed by atoms with E-state index in [1.807, 2.05) is 0 Å². The fraction of sp³-hybridized carbons (Fsp3) is 0.500. The van der Waals surface area contributed by atoms with Crippen LogP contribution in [0.4, 0.5) is 19.0 Å². The van der Waals surface area contributed by atoms with Gasteiger partial charge in [-0.2, -0.15) is 13.2 Å². The maximum atomic E-state index is 11.7. The monoisotopic (exact) mass is 255 g/mol. The van der Waals surface area contributed by atoms with Crippen LogP contribution < -0.4 is 5.32 Å². The fourth-order valence-electron chi connectivity index (χ4n) is 0.872. The molecule has 0 saturated carbocycles. The Kier molecular flexibility index (Phi) is 4.75. The molecule has 0 unspecified atom stereocenters. The number of anilines is 1. The molecule has 4 nitrogen and oxygen atoms in total. The molecule has 0 amide bonds. The zero-order valence-electron chi connectivity index (χ0n) is 8.09. The van der Waals surface area contributed by atoms with Gasteiger partial charge in [0.15, 0.2) is 0 Å². The van der Waals surface area contributed by atoms with Crippen LogP contribution in [0.5, 0.6) is 0 Å². The van der Waals surface area contributed by atoms with Crippen LogP contribution in [0.15, 0.2) is 12.5 Å². The minimum atomic E-state index is -4.30. The molecular formula is C8H9ClF3N3O. The molecule has 1 rings (SSSR count). The average Bonchev–Trinajstić information content (AvgIpc) is 2.18. The summed E-state index contributed by atoms with van der Waals surface area (Å²) < 4.78 is 39.4. The van der Waals surface area contributed by atoms with E-state index in [0.29, 0.717) is 10.8 Å². The van der Waals surface area contributed by atoms with Gasteiger partial charge in [-0.05, 0) is 0 Å². The van der Waals surface area contributed by atoms with Crippen LogP contribution in [0, 0.1) is 0 Å². The maximum absolute atomic E-state index is 11.7. The summed E-state index contributed by atoms with van der Waals surface area (Å²) in [5, 5.41) is 3.03. The summed E-state index contributed by atoms with van der Waals surface area (Å²) in [6.45, 7) is -1.15. The van der Waals surface area contributed by atoms with Gasteiger partial charge in [0, 0.05) is 6.54 Å². The molecule has 0 radical (unpaired) electrons. The molecule has 1 aromatic rings. The van der Waals surface area contributed by atoms with E-state index in [-0.39, 0.29) is 13.2 Å². The largest absolute Gasteiger partial charge is 0.411 e. The quantitative estimate of drug-likeness (QED) is 0.819. The molecule has 0 aliphatic rings. The van der Waals surface area contributed by atoms with Crippen LogP contribution in [-0.2, 0) is 4.74 Å². The zero-order chi connectivity index (χ0) is 12.0. The van der Waals surface area contributed by atoms with E-state index >= 15 is 0 Å². The first-order valence-electron chi connectivity index (χ1n) is 4.33. The van der Waals surface area contributed by atoms with Gasteiger partial charge in [-0.15, -0.1) is 0 Å². The summed E-state index contributed by atoms with van der Waals surface area (Å²) in [5.41, 5.74) is 0. The van der Waals surface area contributed by atoms with Crippen LogP contribution in [-0.4, -0.2) is 35.9 Å². The maximum Gasteiger partial charge on any atom is 0.411 e. The summed E-state index contributed by atoms with van der Waals surface area (Å²) >= 11 is 5.70. The predicted molar refractivity (Wildman–Crippen MR) is 52.4 cm³/mol. The Morgan fingerprint density at radius 2 is 2.19 bits per heavy atom. The Morgan fingerprint density at radius 3 is 2.81 bits per heavy atom. The van der Waals surface area contributed by atoms with Gasteiger partial charge in [-0.3, -0.25) is 0 Å². The van der Waals surface area contributed by atoms with Crippen LogP contribution in [0.3, 0.4) is 0 Å². The molecule has 8 heteroatoms. The summed E-state index contributed by atoms with van der Waals surface area (Å²) in [6, 6.07) is 0. The van der Waals surface area contributed by atoms with E-state index in [1.54, 1.807) is 0 Å². The molecule has 0 aliphatic carbocycles. The number of ether oxygens (including phenoxy) is 1. The zero-order valence-corrected chi connectivity index (χ0v) is 8.85. The van der Waals surface area contributed by atoms with Crippen molar-refractivity contribution in [2.45, 2.75) is 6.18 Å². The first-order valence-corrected chi connectivity index (χ1v) is 4.71. The topological polar surface area (TPSA) is 47.0 Å². The molecule has 1 heterocycles. The minimum absolute atomic E-state index is 0.0835. The fourth-order valence-corrected chi connectivity index (χ4v) is 1.04. The lowest BCUT2D eigenvalue weighted by molar-refractivity contribution is -0.172. The van der Waals surface area contributed by atoms with Crippen LogP contribution in [0.2, 0.25) is 5.02 Å². The first-order chi connectivity index (χ1) is 7.49. The number of hydrogen-bond donors (Lipinski definition) is 1. The van der Waals surface area contributed by atoms with Crippen molar-refractivity contribution in [3.05, 3.63) is 17.5 Å². The van der Waals surface area contributed by atoms with Crippen molar-refractivity contribution in [2.75, 3.05) is 25.1 Å². The van der Waals surface area contributed by atoms with E-state index in [9.17, 15) is 13.2 Å². The lowest BCUT2D eigenvalue weighted by atomic mass is 10.5. The number of aromatic nitrogens is 2.